The number of hydrogen-bond acceptors (Lipinski definition) is 3. The fourth-order valence-corrected chi connectivity index (χ4v) is 2.31. The van der Waals surface area contributed by atoms with Gasteiger partial charge in [0.25, 0.3) is 0 Å². The molecule has 1 amide bonds. The van der Waals surface area contributed by atoms with E-state index < -0.39 is 0 Å². The van der Waals surface area contributed by atoms with E-state index in [0.29, 0.717) is 31.3 Å². The molecule has 20 heavy (non-hydrogen) atoms. The third-order valence-corrected chi connectivity index (χ3v) is 3.85. The summed E-state index contributed by atoms with van der Waals surface area (Å²) in [6.07, 6.45) is 6.04. The lowest BCUT2D eigenvalue weighted by Gasteiger charge is -2.19. The third kappa shape index (κ3) is 5.70. The van der Waals surface area contributed by atoms with E-state index in [1.807, 2.05) is 13.0 Å². The number of nitrogens with two attached hydrogens (primary N) is 1. The van der Waals surface area contributed by atoms with Gasteiger partial charge in [0.05, 0.1) is 0 Å². The van der Waals surface area contributed by atoms with Gasteiger partial charge in [-0.3, -0.25) is 9.78 Å². The molecule has 1 aromatic heterocycles. The van der Waals surface area contributed by atoms with Crippen molar-refractivity contribution in [3.05, 3.63) is 29.6 Å². The highest BCUT2D eigenvalue weighted by Gasteiger charge is 2.14. The minimum absolute atomic E-state index is 0.107. The highest BCUT2D eigenvalue weighted by Crippen LogP contribution is 2.20. The van der Waals surface area contributed by atoms with Crippen molar-refractivity contribution in [3.63, 3.8) is 0 Å². The average molecular weight is 277 g/mol. The Balaban J connectivity index is 2.35. The summed E-state index contributed by atoms with van der Waals surface area (Å²) in [7, 11) is 0. The van der Waals surface area contributed by atoms with Gasteiger partial charge < -0.3 is 11.1 Å². The summed E-state index contributed by atoms with van der Waals surface area (Å²) in [5.74, 6) is 1.22. The van der Waals surface area contributed by atoms with Crippen LogP contribution in [-0.4, -0.2) is 17.4 Å². The van der Waals surface area contributed by atoms with E-state index in [4.69, 9.17) is 5.73 Å². The molecule has 1 heterocycles. The van der Waals surface area contributed by atoms with Crippen molar-refractivity contribution in [1.82, 2.24) is 10.3 Å². The van der Waals surface area contributed by atoms with Gasteiger partial charge >= 0.3 is 0 Å². The van der Waals surface area contributed by atoms with E-state index in [0.717, 1.165) is 24.0 Å². The predicted molar refractivity (Wildman–Crippen MR) is 82.1 cm³/mol. The van der Waals surface area contributed by atoms with Crippen LogP contribution >= 0.6 is 0 Å². The van der Waals surface area contributed by atoms with Crippen LogP contribution in [0, 0.1) is 18.8 Å². The molecular weight excluding hydrogens is 250 g/mol. The number of hydrogen-bond donors (Lipinski definition) is 2. The quantitative estimate of drug-likeness (QED) is 0.766. The monoisotopic (exact) mass is 277 g/mol. The maximum absolute atomic E-state index is 11.9. The van der Waals surface area contributed by atoms with Crippen molar-refractivity contribution in [2.24, 2.45) is 17.6 Å². The summed E-state index contributed by atoms with van der Waals surface area (Å²) >= 11 is 0. The topological polar surface area (TPSA) is 68.0 Å². The van der Waals surface area contributed by atoms with E-state index in [1.165, 1.54) is 0 Å². The van der Waals surface area contributed by atoms with Crippen molar-refractivity contribution >= 4 is 5.91 Å². The summed E-state index contributed by atoms with van der Waals surface area (Å²) in [6, 6.07) is 1.96. The molecule has 0 saturated carbocycles. The molecule has 0 aliphatic carbocycles. The molecule has 0 bridgehead atoms. The van der Waals surface area contributed by atoms with Gasteiger partial charge in [0.2, 0.25) is 5.91 Å². The molecule has 0 saturated heterocycles. The Morgan fingerprint density at radius 1 is 1.40 bits per heavy atom. The van der Waals surface area contributed by atoms with Crippen molar-refractivity contribution < 1.29 is 4.79 Å². The van der Waals surface area contributed by atoms with E-state index >= 15 is 0 Å². The minimum atomic E-state index is 0.107. The Kier molecular flexibility index (Phi) is 7.23. The van der Waals surface area contributed by atoms with Crippen molar-refractivity contribution in [2.45, 2.75) is 46.6 Å². The normalized spacial score (nSPS) is 12.4. The maximum atomic E-state index is 11.9. The van der Waals surface area contributed by atoms with Gasteiger partial charge in [-0.1, -0.05) is 13.8 Å². The largest absolute Gasteiger partial charge is 0.352 e. The molecule has 0 radical (unpaired) electrons. The lowest BCUT2D eigenvalue weighted by Crippen LogP contribution is -2.25. The van der Waals surface area contributed by atoms with Crippen LogP contribution in [0.4, 0.5) is 0 Å². The molecule has 1 rings (SSSR count). The second-order valence-corrected chi connectivity index (χ2v) is 5.70. The van der Waals surface area contributed by atoms with E-state index in [-0.39, 0.29) is 5.91 Å². The number of aryl methyl sites for hydroxylation is 1. The van der Waals surface area contributed by atoms with Gasteiger partial charge in [-0.25, -0.2) is 0 Å². The van der Waals surface area contributed by atoms with Gasteiger partial charge in [-0.05, 0) is 55.3 Å². The lowest BCUT2D eigenvalue weighted by atomic mass is 9.88. The number of carbonyl (C=O) groups is 1. The Hall–Kier alpha value is -1.42. The van der Waals surface area contributed by atoms with Gasteiger partial charge in [-0.15, -0.1) is 0 Å². The number of carbonyl (C=O) groups excluding carboxylic acids is 1. The molecule has 112 valence electrons. The van der Waals surface area contributed by atoms with Crippen LogP contribution in [-0.2, 0) is 11.3 Å². The van der Waals surface area contributed by atoms with Crippen molar-refractivity contribution in [3.8, 4) is 0 Å². The molecule has 1 aromatic rings. The van der Waals surface area contributed by atoms with Gasteiger partial charge in [0, 0.05) is 25.4 Å². The first-order valence-electron chi connectivity index (χ1n) is 7.40. The standard InChI is InChI=1S/C16H27N3O/c1-12(2)14(6-8-17)4-5-16(20)19-11-15-10-18-9-7-13(15)3/h7,9-10,12,14H,4-6,8,11,17H2,1-3H3,(H,19,20). The summed E-state index contributed by atoms with van der Waals surface area (Å²) in [6.45, 7) is 7.66. The average Bonchev–Trinajstić information content (AvgIpc) is 2.42. The Bertz CT molecular complexity index is 418. The van der Waals surface area contributed by atoms with Crippen LogP contribution < -0.4 is 11.1 Å². The van der Waals surface area contributed by atoms with E-state index in [1.54, 1.807) is 12.4 Å². The summed E-state index contributed by atoms with van der Waals surface area (Å²) in [5.41, 5.74) is 7.85. The van der Waals surface area contributed by atoms with Crippen LogP contribution in [0.25, 0.3) is 0 Å². The van der Waals surface area contributed by atoms with E-state index in [2.05, 4.69) is 24.1 Å². The number of nitrogens with one attached hydrogen (secondary N) is 1. The van der Waals surface area contributed by atoms with Gasteiger partial charge in [0.15, 0.2) is 0 Å². The number of nitrogens with zero attached hydrogens (tertiary/aromatic N) is 1. The second-order valence-electron chi connectivity index (χ2n) is 5.70. The summed E-state index contributed by atoms with van der Waals surface area (Å²) in [5, 5.41) is 2.97. The zero-order valence-electron chi connectivity index (χ0n) is 12.9. The molecule has 0 spiro atoms. The Labute approximate surface area is 122 Å². The molecule has 0 fully saturated rings. The number of aromatic nitrogens is 1. The van der Waals surface area contributed by atoms with E-state index in [9.17, 15) is 4.79 Å². The molecule has 1 unspecified atom stereocenters. The Morgan fingerprint density at radius 2 is 2.15 bits per heavy atom. The minimum Gasteiger partial charge on any atom is -0.352 e. The fraction of sp³-hybridized carbons (Fsp3) is 0.625. The first-order chi connectivity index (χ1) is 9.54. The van der Waals surface area contributed by atoms with Crippen molar-refractivity contribution in [2.75, 3.05) is 6.54 Å². The summed E-state index contributed by atoms with van der Waals surface area (Å²) < 4.78 is 0. The zero-order chi connectivity index (χ0) is 15.0. The van der Waals surface area contributed by atoms with Crippen LogP contribution in [0.1, 0.15) is 44.2 Å². The first-order valence-corrected chi connectivity index (χ1v) is 7.40. The molecular formula is C16H27N3O. The van der Waals surface area contributed by atoms with Gasteiger partial charge in [-0.2, -0.15) is 0 Å². The number of amides is 1. The zero-order valence-corrected chi connectivity index (χ0v) is 12.9. The Morgan fingerprint density at radius 3 is 2.75 bits per heavy atom. The highest BCUT2D eigenvalue weighted by molar-refractivity contribution is 5.75. The lowest BCUT2D eigenvalue weighted by molar-refractivity contribution is -0.121. The first kappa shape index (κ1) is 16.6. The molecule has 0 aliphatic heterocycles. The third-order valence-electron chi connectivity index (χ3n) is 3.85. The highest BCUT2D eigenvalue weighted by atomic mass is 16.1. The molecule has 3 N–H and O–H groups in total. The number of rotatable bonds is 8. The van der Waals surface area contributed by atoms with Crippen molar-refractivity contribution in [1.29, 1.82) is 0 Å². The molecule has 0 aromatic carbocycles. The smallest absolute Gasteiger partial charge is 0.220 e. The summed E-state index contributed by atoms with van der Waals surface area (Å²) in [4.78, 5) is 16.0. The molecule has 4 heteroatoms. The fourth-order valence-electron chi connectivity index (χ4n) is 2.31. The van der Waals surface area contributed by atoms with Crippen LogP contribution in [0.3, 0.4) is 0 Å². The predicted octanol–water partition coefficient (Wildman–Crippen LogP) is 2.41. The molecule has 1 atom stereocenters. The second kappa shape index (κ2) is 8.69. The maximum Gasteiger partial charge on any atom is 0.220 e. The van der Waals surface area contributed by atoms with Gasteiger partial charge in [0.1, 0.15) is 0 Å². The molecule has 4 nitrogen and oxygen atoms in total. The van der Waals surface area contributed by atoms with Crippen LogP contribution in [0.5, 0.6) is 0 Å². The number of pyridine rings is 1. The molecule has 0 aliphatic rings. The van der Waals surface area contributed by atoms with Crippen LogP contribution in [0.15, 0.2) is 18.5 Å². The van der Waals surface area contributed by atoms with Crippen LogP contribution in [0.2, 0.25) is 0 Å². The SMILES string of the molecule is Cc1ccncc1CNC(=O)CCC(CCN)C(C)C.